The van der Waals surface area contributed by atoms with E-state index in [1.54, 1.807) is 0 Å². The topological polar surface area (TPSA) is 95.5 Å². The molecule has 1 rings (SSSR count). The minimum atomic E-state index is -1.07. The number of nitrogens with one attached hydrogen (secondary N) is 2. The zero-order valence-corrected chi connectivity index (χ0v) is 14.3. The van der Waals surface area contributed by atoms with Gasteiger partial charge in [-0.25, -0.2) is 4.79 Å². The third-order valence-electron chi connectivity index (χ3n) is 4.78. The van der Waals surface area contributed by atoms with Gasteiger partial charge in [0.15, 0.2) is 0 Å². The van der Waals surface area contributed by atoms with Crippen LogP contribution >= 0.6 is 0 Å². The van der Waals surface area contributed by atoms with Crippen LogP contribution in [-0.4, -0.2) is 35.0 Å². The molecule has 6 nitrogen and oxygen atoms in total. The zero-order chi connectivity index (χ0) is 17.3. The van der Waals surface area contributed by atoms with Crippen LogP contribution in [0.3, 0.4) is 0 Å². The van der Waals surface area contributed by atoms with E-state index >= 15 is 0 Å². The number of hydrogen-bond donors (Lipinski definition) is 3. The van der Waals surface area contributed by atoms with E-state index in [1.165, 1.54) is 6.92 Å². The van der Waals surface area contributed by atoms with Gasteiger partial charge in [0, 0.05) is 19.9 Å². The van der Waals surface area contributed by atoms with E-state index in [0.717, 1.165) is 32.1 Å². The van der Waals surface area contributed by atoms with Gasteiger partial charge in [0.05, 0.1) is 0 Å². The molecule has 0 aromatic rings. The van der Waals surface area contributed by atoms with Crippen molar-refractivity contribution >= 4 is 17.8 Å². The summed E-state index contributed by atoms with van der Waals surface area (Å²) in [4.78, 5) is 34.4. The highest BCUT2D eigenvalue weighted by Gasteiger charge is 2.42. The Hall–Kier alpha value is -1.59. The van der Waals surface area contributed by atoms with E-state index in [0.29, 0.717) is 38.1 Å². The Kier molecular flexibility index (Phi) is 8.06. The highest BCUT2D eigenvalue weighted by Crippen LogP contribution is 2.34. The summed E-state index contributed by atoms with van der Waals surface area (Å²) in [6.45, 7) is 4.22. The second-order valence-corrected chi connectivity index (χ2v) is 6.58. The molecule has 0 aliphatic heterocycles. The monoisotopic (exact) mass is 326 g/mol. The number of aliphatic carboxylic acids is 1. The van der Waals surface area contributed by atoms with Gasteiger partial charge in [0.25, 0.3) is 0 Å². The van der Waals surface area contributed by atoms with Gasteiger partial charge in [-0.05, 0) is 44.4 Å². The molecule has 1 aliphatic rings. The Balaban J connectivity index is 2.32. The van der Waals surface area contributed by atoms with Crippen molar-refractivity contribution in [1.29, 1.82) is 0 Å². The molecule has 2 amide bonds. The fourth-order valence-corrected chi connectivity index (χ4v) is 3.15. The van der Waals surface area contributed by atoms with E-state index in [9.17, 15) is 19.5 Å². The summed E-state index contributed by atoms with van der Waals surface area (Å²) < 4.78 is 0. The van der Waals surface area contributed by atoms with Gasteiger partial charge in [-0.15, -0.1) is 0 Å². The number of rotatable bonds is 9. The molecule has 23 heavy (non-hydrogen) atoms. The fraction of sp³-hybridized carbons (Fsp3) is 0.824. The summed E-state index contributed by atoms with van der Waals surface area (Å²) >= 11 is 0. The lowest BCUT2D eigenvalue weighted by molar-refractivity contribution is -0.149. The van der Waals surface area contributed by atoms with E-state index in [1.807, 2.05) is 0 Å². The second kappa shape index (κ2) is 9.53. The quantitative estimate of drug-likeness (QED) is 0.566. The molecule has 3 N–H and O–H groups in total. The van der Waals surface area contributed by atoms with Crippen LogP contribution in [0.1, 0.15) is 71.6 Å². The Morgan fingerprint density at radius 2 is 1.78 bits per heavy atom. The summed E-state index contributed by atoms with van der Waals surface area (Å²) in [5.41, 5.74) is -1.07. The molecule has 1 aliphatic carbocycles. The molecule has 0 aromatic carbocycles. The van der Waals surface area contributed by atoms with Crippen LogP contribution in [0, 0.1) is 5.92 Å². The molecule has 0 aromatic heterocycles. The van der Waals surface area contributed by atoms with Crippen molar-refractivity contribution in [2.75, 3.05) is 6.54 Å². The SMILES string of the molecule is CCC1CCC(NC(=O)CCCCCNC(C)=O)(C(=O)O)CC1. The van der Waals surface area contributed by atoms with Crippen molar-refractivity contribution in [2.24, 2.45) is 5.92 Å². The number of carboxylic acids is 1. The number of carbonyl (C=O) groups excluding carboxylic acids is 2. The molecule has 1 saturated carbocycles. The van der Waals surface area contributed by atoms with Crippen LogP contribution < -0.4 is 10.6 Å². The third kappa shape index (κ3) is 6.59. The molecule has 0 spiro atoms. The van der Waals surface area contributed by atoms with Gasteiger partial charge in [-0.1, -0.05) is 19.8 Å². The van der Waals surface area contributed by atoms with E-state index in [4.69, 9.17) is 0 Å². The van der Waals surface area contributed by atoms with Crippen molar-refractivity contribution in [2.45, 2.75) is 77.2 Å². The van der Waals surface area contributed by atoms with Gasteiger partial charge < -0.3 is 15.7 Å². The molecule has 0 unspecified atom stereocenters. The smallest absolute Gasteiger partial charge is 0.329 e. The first-order chi connectivity index (χ1) is 10.9. The van der Waals surface area contributed by atoms with Crippen molar-refractivity contribution in [3.63, 3.8) is 0 Å². The maximum atomic E-state index is 12.1. The summed E-state index contributed by atoms with van der Waals surface area (Å²) in [5.74, 6) is -0.560. The molecule has 132 valence electrons. The van der Waals surface area contributed by atoms with Gasteiger partial charge in [-0.3, -0.25) is 9.59 Å². The van der Waals surface area contributed by atoms with E-state index in [2.05, 4.69) is 17.6 Å². The summed E-state index contributed by atoms with van der Waals surface area (Å²) in [6.07, 6.45) is 6.55. The molecule has 1 fully saturated rings. The van der Waals surface area contributed by atoms with Gasteiger partial charge in [-0.2, -0.15) is 0 Å². The number of amides is 2. The van der Waals surface area contributed by atoms with E-state index < -0.39 is 11.5 Å². The molecule has 0 saturated heterocycles. The largest absolute Gasteiger partial charge is 0.480 e. The Morgan fingerprint density at radius 3 is 2.30 bits per heavy atom. The van der Waals surface area contributed by atoms with Crippen molar-refractivity contribution in [1.82, 2.24) is 10.6 Å². The standard InChI is InChI=1S/C17H30N2O4/c1-3-14-8-10-17(11-9-14,16(22)23)19-15(21)7-5-4-6-12-18-13(2)20/h14H,3-12H2,1-2H3,(H,18,20)(H,19,21)(H,22,23). The van der Waals surface area contributed by atoms with Crippen LogP contribution in [-0.2, 0) is 14.4 Å². The van der Waals surface area contributed by atoms with Crippen LogP contribution in [0.5, 0.6) is 0 Å². The first-order valence-corrected chi connectivity index (χ1v) is 8.68. The second-order valence-electron chi connectivity index (χ2n) is 6.58. The minimum absolute atomic E-state index is 0.0474. The lowest BCUT2D eigenvalue weighted by Gasteiger charge is -2.37. The van der Waals surface area contributed by atoms with Crippen LogP contribution in [0.15, 0.2) is 0 Å². The fourth-order valence-electron chi connectivity index (χ4n) is 3.15. The summed E-state index contributed by atoms with van der Waals surface area (Å²) in [7, 11) is 0. The first-order valence-electron chi connectivity index (χ1n) is 8.68. The average Bonchev–Trinajstić information content (AvgIpc) is 2.51. The van der Waals surface area contributed by atoms with Crippen LogP contribution in [0.25, 0.3) is 0 Å². The Morgan fingerprint density at radius 1 is 1.13 bits per heavy atom. The number of unbranched alkanes of at least 4 members (excludes halogenated alkanes) is 2. The molecule has 0 bridgehead atoms. The zero-order valence-electron chi connectivity index (χ0n) is 14.3. The highest BCUT2D eigenvalue weighted by molar-refractivity contribution is 5.87. The number of carboxylic acid groups (broad SMARTS) is 1. The first kappa shape index (κ1) is 19.5. The molecule has 0 heterocycles. The third-order valence-corrected chi connectivity index (χ3v) is 4.78. The van der Waals surface area contributed by atoms with Gasteiger partial charge in [0.1, 0.15) is 5.54 Å². The molecular formula is C17H30N2O4. The Bertz CT molecular complexity index is 415. The molecule has 0 radical (unpaired) electrons. The maximum absolute atomic E-state index is 12.1. The normalized spacial score (nSPS) is 24.0. The van der Waals surface area contributed by atoms with E-state index in [-0.39, 0.29) is 11.8 Å². The molecule has 0 atom stereocenters. The number of carbonyl (C=O) groups is 3. The predicted octanol–water partition coefficient (Wildman–Crippen LogP) is 2.22. The summed E-state index contributed by atoms with van der Waals surface area (Å²) in [6, 6.07) is 0. The average molecular weight is 326 g/mol. The lowest BCUT2D eigenvalue weighted by Crippen LogP contribution is -2.56. The molecule has 6 heteroatoms. The van der Waals surface area contributed by atoms with Crippen LogP contribution in [0.4, 0.5) is 0 Å². The van der Waals surface area contributed by atoms with Gasteiger partial charge in [0.2, 0.25) is 11.8 Å². The van der Waals surface area contributed by atoms with Crippen molar-refractivity contribution in [3.8, 4) is 0 Å². The molecular weight excluding hydrogens is 296 g/mol. The summed E-state index contributed by atoms with van der Waals surface area (Å²) in [5, 5.41) is 15.0. The lowest BCUT2D eigenvalue weighted by atomic mass is 9.75. The van der Waals surface area contributed by atoms with Crippen molar-refractivity contribution in [3.05, 3.63) is 0 Å². The minimum Gasteiger partial charge on any atom is -0.480 e. The number of hydrogen-bond acceptors (Lipinski definition) is 3. The predicted molar refractivity (Wildman–Crippen MR) is 87.9 cm³/mol. The van der Waals surface area contributed by atoms with Crippen LogP contribution in [0.2, 0.25) is 0 Å². The van der Waals surface area contributed by atoms with Gasteiger partial charge >= 0.3 is 5.97 Å². The maximum Gasteiger partial charge on any atom is 0.329 e. The van der Waals surface area contributed by atoms with Crippen molar-refractivity contribution < 1.29 is 19.5 Å². The Labute approximate surface area is 138 Å². The highest BCUT2D eigenvalue weighted by atomic mass is 16.4.